The molecular formula is C14H19N3O2S. The van der Waals surface area contributed by atoms with Crippen molar-refractivity contribution in [1.29, 1.82) is 0 Å². The van der Waals surface area contributed by atoms with Crippen molar-refractivity contribution in [1.82, 2.24) is 10.2 Å². The van der Waals surface area contributed by atoms with Gasteiger partial charge in [-0.2, -0.15) is 0 Å². The Morgan fingerprint density at radius 2 is 2.25 bits per heavy atom. The summed E-state index contributed by atoms with van der Waals surface area (Å²) in [4.78, 5) is 14.7. The Kier molecular flexibility index (Phi) is 4.46. The molecule has 0 bridgehead atoms. The van der Waals surface area contributed by atoms with Crippen LogP contribution in [0.15, 0.2) is 18.2 Å². The van der Waals surface area contributed by atoms with Crippen molar-refractivity contribution >= 4 is 33.0 Å². The van der Waals surface area contributed by atoms with Gasteiger partial charge in [0.2, 0.25) is 0 Å². The molecule has 20 heavy (non-hydrogen) atoms. The van der Waals surface area contributed by atoms with Crippen molar-refractivity contribution in [2.24, 2.45) is 0 Å². The molecule has 0 aliphatic heterocycles. The predicted octanol–water partition coefficient (Wildman–Crippen LogP) is 1.78. The van der Waals surface area contributed by atoms with Crippen LogP contribution in [0.5, 0.6) is 5.75 Å². The fraction of sp³-hybridized carbons (Fsp3) is 0.357. The number of rotatable bonds is 5. The van der Waals surface area contributed by atoms with Gasteiger partial charge >= 0.3 is 0 Å². The van der Waals surface area contributed by atoms with Crippen LogP contribution in [0.1, 0.15) is 9.67 Å². The highest BCUT2D eigenvalue weighted by Crippen LogP contribution is 2.39. The highest BCUT2D eigenvalue weighted by Gasteiger charge is 2.21. The summed E-state index contributed by atoms with van der Waals surface area (Å²) in [6, 6.07) is 5.70. The second-order valence-electron chi connectivity index (χ2n) is 4.51. The lowest BCUT2D eigenvalue weighted by atomic mass is 10.2. The maximum absolute atomic E-state index is 12.4. The van der Waals surface area contributed by atoms with E-state index < -0.39 is 0 Å². The Labute approximate surface area is 122 Å². The zero-order valence-corrected chi connectivity index (χ0v) is 12.7. The first kappa shape index (κ1) is 14.6. The molecule has 3 N–H and O–H groups in total. The second-order valence-corrected chi connectivity index (χ2v) is 5.56. The summed E-state index contributed by atoms with van der Waals surface area (Å²) in [5, 5.41) is 3.85. The molecule has 0 saturated carbocycles. The van der Waals surface area contributed by atoms with Crippen molar-refractivity contribution in [3.63, 3.8) is 0 Å². The average molecular weight is 293 g/mol. The van der Waals surface area contributed by atoms with Gasteiger partial charge in [0.1, 0.15) is 10.6 Å². The summed E-state index contributed by atoms with van der Waals surface area (Å²) in [6.07, 6.45) is 0. The molecular weight excluding hydrogens is 274 g/mol. The van der Waals surface area contributed by atoms with E-state index in [9.17, 15) is 4.79 Å². The molecule has 0 radical (unpaired) electrons. The number of methoxy groups -OCH3 is 1. The number of nitrogens with zero attached hydrogens (tertiary/aromatic N) is 1. The number of ether oxygens (including phenoxy) is 1. The topological polar surface area (TPSA) is 67.6 Å². The monoisotopic (exact) mass is 293 g/mol. The third kappa shape index (κ3) is 2.57. The van der Waals surface area contributed by atoms with Crippen LogP contribution in [0, 0.1) is 0 Å². The summed E-state index contributed by atoms with van der Waals surface area (Å²) >= 11 is 1.41. The van der Waals surface area contributed by atoms with Crippen LogP contribution >= 0.6 is 11.3 Å². The minimum absolute atomic E-state index is 0.0546. The molecule has 2 rings (SSSR count). The first-order valence-electron chi connectivity index (χ1n) is 6.35. The van der Waals surface area contributed by atoms with E-state index >= 15 is 0 Å². The molecule has 108 valence electrons. The molecule has 0 fully saturated rings. The zero-order chi connectivity index (χ0) is 14.7. The van der Waals surface area contributed by atoms with Gasteiger partial charge in [-0.1, -0.05) is 6.07 Å². The Morgan fingerprint density at radius 1 is 1.50 bits per heavy atom. The minimum Gasteiger partial charge on any atom is -0.496 e. The smallest absolute Gasteiger partial charge is 0.265 e. The van der Waals surface area contributed by atoms with Crippen molar-refractivity contribution in [2.75, 3.05) is 40.0 Å². The molecule has 6 heteroatoms. The lowest BCUT2D eigenvalue weighted by Gasteiger charge is -2.16. The lowest BCUT2D eigenvalue weighted by Crippen LogP contribution is -2.32. The number of carbonyl (C=O) groups is 1. The van der Waals surface area contributed by atoms with Gasteiger partial charge in [0.05, 0.1) is 18.2 Å². The van der Waals surface area contributed by atoms with E-state index in [0.717, 1.165) is 16.6 Å². The predicted molar refractivity (Wildman–Crippen MR) is 83.7 cm³/mol. The van der Waals surface area contributed by atoms with Gasteiger partial charge in [-0.15, -0.1) is 11.3 Å². The van der Waals surface area contributed by atoms with Crippen molar-refractivity contribution in [3.05, 3.63) is 23.1 Å². The molecule has 0 spiro atoms. The highest BCUT2D eigenvalue weighted by atomic mass is 32.1. The number of thiophene rings is 1. The number of fused-ring (bicyclic) bond motifs is 1. The number of nitrogens with one attached hydrogen (secondary N) is 1. The normalized spacial score (nSPS) is 10.8. The molecule has 1 aromatic heterocycles. The van der Waals surface area contributed by atoms with Crippen molar-refractivity contribution in [3.8, 4) is 5.75 Å². The standard InChI is InChI=1S/C14H19N3O2S/c1-16-7-8-17(2)14(18)13-12(15)11-9(19-3)5-4-6-10(11)20-13/h4-6,16H,7-8,15H2,1-3H3. The largest absolute Gasteiger partial charge is 0.496 e. The molecule has 2 aromatic rings. The van der Waals surface area contributed by atoms with E-state index in [1.54, 1.807) is 19.1 Å². The van der Waals surface area contributed by atoms with Crippen LogP contribution in [-0.2, 0) is 0 Å². The van der Waals surface area contributed by atoms with Crippen molar-refractivity contribution < 1.29 is 9.53 Å². The molecule has 0 aliphatic rings. The number of nitrogens with two attached hydrogens (primary N) is 1. The fourth-order valence-electron chi connectivity index (χ4n) is 2.02. The van der Waals surface area contributed by atoms with E-state index in [0.29, 0.717) is 22.9 Å². The van der Waals surface area contributed by atoms with Crippen LogP contribution in [0.3, 0.4) is 0 Å². The first-order chi connectivity index (χ1) is 9.60. The average Bonchev–Trinajstić information content (AvgIpc) is 2.81. The third-order valence-electron chi connectivity index (χ3n) is 3.17. The summed E-state index contributed by atoms with van der Waals surface area (Å²) < 4.78 is 6.28. The Balaban J connectivity index is 2.40. The quantitative estimate of drug-likeness (QED) is 0.882. The van der Waals surface area contributed by atoms with Crippen LogP contribution < -0.4 is 15.8 Å². The fourth-order valence-corrected chi connectivity index (χ4v) is 3.16. The summed E-state index contributed by atoms with van der Waals surface area (Å²) in [7, 11) is 5.24. The molecule has 0 unspecified atom stereocenters. The Hall–Kier alpha value is -1.79. The van der Waals surface area contributed by atoms with Crippen molar-refractivity contribution in [2.45, 2.75) is 0 Å². The van der Waals surface area contributed by atoms with Crippen LogP contribution in [0.4, 0.5) is 5.69 Å². The molecule has 0 atom stereocenters. The number of hydrogen-bond donors (Lipinski definition) is 2. The van der Waals surface area contributed by atoms with Crippen LogP contribution in [0.2, 0.25) is 0 Å². The summed E-state index contributed by atoms with van der Waals surface area (Å²) in [5.41, 5.74) is 6.65. The second kappa shape index (κ2) is 6.11. The zero-order valence-electron chi connectivity index (χ0n) is 11.9. The maximum Gasteiger partial charge on any atom is 0.265 e. The van der Waals surface area contributed by atoms with Gasteiger partial charge in [-0.05, 0) is 19.2 Å². The highest BCUT2D eigenvalue weighted by molar-refractivity contribution is 7.21. The SMILES string of the molecule is CNCCN(C)C(=O)c1sc2cccc(OC)c2c1N. The number of benzene rings is 1. The molecule has 1 amide bonds. The number of anilines is 1. The van der Waals surface area contributed by atoms with E-state index in [-0.39, 0.29) is 5.91 Å². The number of carbonyl (C=O) groups excluding carboxylic acids is 1. The molecule has 0 saturated heterocycles. The van der Waals surface area contributed by atoms with Crippen LogP contribution in [0.25, 0.3) is 10.1 Å². The third-order valence-corrected chi connectivity index (χ3v) is 4.33. The van der Waals surface area contributed by atoms with Gasteiger partial charge < -0.3 is 20.7 Å². The Bertz CT molecular complexity index is 624. The number of likely N-dealkylation sites (N-methyl/N-ethyl adjacent to an activating group) is 2. The van der Waals surface area contributed by atoms with Gasteiger partial charge in [0.25, 0.3) is 5.91 Å². The lowest BCUT2D eigenvalue weighted by molar-refractivity contribution is 0.0802. The van der Waals surface area contributed by atoms with Crippen LogP contribution in [-0.4, -0.2) is 45.1 Å². The molecule has 1 heterocycles. The number of hydrogen-bond acceptors (Lipinski definition) is 5. The van der Waals surface area contributed by atoms with E-state index in [1.165, 1.54) is 11.3 Å². The van der Waals surface area contributed by atoms with Gasteiger partial charge in [-0.3, -0.25) is 4.79 Å². The van der Waals surface area contributed by atoms with Gasteiger partial charge in [-0.25, -0.2) is 0 Å². The summed E-state index contributed by atoms with van der Waals surface area (Å²) in [5.74, 6) is 0.647. The first-order valence-corrected chi connectivity index (χ1v) is 7.16. The van der Waals surface area contributed by atoms with Gasteiger partial charge in [0, 0.05) is 24.8 Å². The maximum atomic E-state index is 12.4. The summed E-state index contributed by atoms with van der Waals surface area (Å²) in [6.45, 7) is 1.39. The number of amides is 1. The number of nitrogen functional groups attached to an aromatic ring is 1. The van der Waals surface area contributed by atoms with E-state index in [2.05, 4.69) is 5.32 Å². The van der Waals surface area contributed by atoms with E-state index in [1.807, 2.05) is 25.2 Å². The molecule has 5 nitrogen and oxygen atoms in total. The van der Waals surface area contributed by atoms with Gasteiger partial charge in [0.15, 0.2) is 0 Å². The van der Waals surface area contributed by atoms with E-state index in [4.69, 9.17) is 10.5 Å². The molecule has 0 aliphatic carbocycles. The Morgan fingerprint density at radius 3 is 2.90 bits per heavy atom. The molecule has 1 aromatic carbocycles. The minimum atomic E-state index is -0.0546.